The summed E-state index contributed by atoms with van der Waals surface area (Å²) in [6.07, 6.45) is 20.0. The van der Waals surface area contributed by atoms with E-state index in [2.05, 4.69) is 11.8 Å². The highest BCUT2D eigenvalue weighted by atomic mass is 35.5. The van der Waals surface area contributed by atoms with E-state index in [0.29, 0.717) is 6.42 Å². The average Bonchev–Trinajstić information content (AvgIpc) is 2.50. The lowest BCUT2D eigenvalue weighted by molar-refractivity contribution is -0.234. The molecule has 4 heteroatoms. The SMILES string of the molecule is CCCCCCCCCCCCCCCCCC(=O)OO.Cl. The molecule has 0 aromatic heterocycles. The van der Waals surface area contributed by atoms with Crippen LogP contribution >= 0.6 is 12.4 Å². The molecule has 0 spiro atoms. The molecular weight excluding hydrogens is 300 g/mol. The third-order valence-electron chi connectivity index (χ3n) is 4.09. The lowest BCUT2D eigenvalue weighted by atomic mass is 10.0. The van der Waals surface area contributed by atoms with Crippen molar-refractivity contribution in [1.82, 2.24) is 0 Å². The molecule has 0 aliphatic rings. The van der Waals surface area contributed by atoms with Crippen molar-refractivity contribution in [2.45, 2.75) is 110 Å². The summed E-state index contributed by atoms with van der Waals surface area (Å²) in [5, 5.41) is 8.10. The topological polar surface area (TPSA) is 46.5 Å². The Balaban J connectivity index is 0. The second kappa shape index (κ2) is 20.7. The fourth-order valence-electron chi connectivity index (χ4n) is 2.69. The Kier molecular flexibility index (Phi) is 22.6. The molecule has 0 aromatic carbocycles. The van der Waals surface area contributed by atoms with Crippen molar-refractivity contribution >= 4 is 18.4 Å². The zero-order valence-electron chi connectivity index (χ0n) is 14.5. The first kappa shape index (κ1) is 24.0. The molecule has 0 saturated heterocycles. The molecule has 0 heterocycles. The molecule has 0 amide bonds. The highest BCUT2D eigenvalue weighted by Crippen LogP contribution is 2.13. The lowest BCUT2D eigenvalue weighted by Gasteiger charge is -2.03. The Labute approximate surface area is 143 Å². The molecule has 0 atom stereocenters. The zero-order chi connectivity index (χ0) is 15.6. The molecule has 1 N–H and O–H groups in total. The van der Waals surface area contributed by atoms with Crippen LogP contribution in [-0.4, -0.2) is 11.2 Å². The molecule has 0 unspecified atom stereocenters. The Morgan fingerprint density at radius 1 is 0.682 bits per heavy atom. The van der Waals surface area contributed by atoms with Crippen LogP contribution < -0.4 is 0 Å². The summed E-state index contributed by atoms with van der Waals surface area (Å²) in [5.41, 5.74) is 0. The van der Waals surface area contributed by atoms with Crippen LogP contribution in [-0.2, 0) is 9.68 Å². The van der Waals surface area contributed by atoms with Crippen molar-refractivity contribution in [2.75, 3.05) is 0 Å². The second-order valence-corrected chi connectivity index (χ2v) is 6.16. The quantitative estimate of drug-likeness (QED) is 0.194. The molecule has 0 fully saturated rings. The fraction of sp³-hybridized carbons (Fsp3) is 0.944. The molecule has 0 bridgehead atoms. The van der Waals surface area contributed by atoms with E-state index in [1.165, 1.54) is 83.5 Å². The van der Waals surface area contributed by atoms with Gasteiger partial charge in [-0.05, 0) is 6.42 Å². The van der Waals surface area contributed by atoms with Crippen molar-refractivity contribution in [3.63, 3.8) is 0 Å². The van der Waals surface area contributed by atoms with Gasteiger partial charge in [0.1, 0.15) is 0 Å². The van der Waals surface area contributed by atoms with E-state index in [4.69, 9.17) is 5.26 Å². The van der Waals surface area contributed by atoms with E-state index in [9.17, 15) is 4.79 Å². The molecule has 134 valence electrons. The summed E-state index contributed by atoms with van der Waals surface area (Å²) in [4.78, 5) is 14.3. The Morgan fingerprint density at radius 3 is 1.32 bits per heavy atom. The van der Waals surface area contributed by atoms with Gasteiger partial charge in [-0.25, -0.2) is 4.79 Å². The van der Waals surface area contributed by atoms with Crippen LogP contribution in [0.5, 0.6) is 0 Å². The van der Waals surface area contributed by atoms with Gasteiger partial charge in [0.05, 0.1) is 0 Å². The molecule has 22 heavy (non-hydrogen) atoms. The van der Waals surface area contributed by atoms with Crippen LogP contribution in [0.2, 0.25) is 0 Å². The van der Waals surface area contributed by atoms with E-state index in [-0.39, 0.29) is 12.4 Å². The second-order valence-electron chi connectivity index (χ2n) is 6.16. The predicted octanol–water partition coefficient (Wildman–Crippen LogP) is 6.69. The summed E-state index contributed by atoms with van der Waals surface area (Å²) in [6.45, 7) is 2.27. The summed E-state index contributed by atoms with van der Waals surface area (Å²) >= 11 is 0. The van der Waals surface area contributed by atoms with Crippen LogP contribution in [0.4, 0.5) is 0 Å². The first-order chi connectivity index (χ1) is 10.3. The summed E-state index contributed by atoms with van der Waals surface area (Å²) < 4.78 is 0. The van der Waals surface area contributed by atoms with Crippen LogP contribution in [0.15, 0.2) is 0 Å². The van der Waals surface area contributed by atoms with Crippen molar-refractivity contribution < 1.29 is 14.9 Å². The number of rotatable bonds is 16. The maximum atomic E-state index is 10.7. The lowest BCUT2D eigenvalue weighted by Crippen LogP contribution is -1.99. The van der Waals surface area contributed by atoms with E-state index in [0.717, 1.165) is 12.8 Å². The normalized spacial score (nSPS) is 10.3. The largest absolute Gasteiger partial charge is 0.342 e. The van der Waals surface area contributed by atoms with Gasteiger partial charge in [-0.1, -0.05) is 96.8 Å². The number of unbranched alkanes of at least 4 members (excludes halogenated alkanes) is 14. The van der Waals surface area contributed by atoms with Gasteiger partial charge in [-0.15, -0.1) is 12.4 Å². The maximum Gasteiger partial charge on any atom is 0.342 e. The fourth-order valence-corrected chi connectivity index (χ4v) is 2.69. The molecule has 3 nitrogen and oxygen atoms in total. The van der Waals surface area contributed by atoms with Crippen molar-refractivity contribution in [2.24, 2.45) is 0 Å². The highest BCUT2D eigenvalue weighted by Gasteiger charge is 2.00. The Morgan fingerprint density at radius 2 is 1.00 bits per heavy atom. The molecule has 0 aromatic rings. The Hall–Kier alpha value is -0.280. The molecule has 0 aliphatic carbocycles. The monoisotopic (exact) mass is 336 g/mol. The number of halogens is 1. The average molecular weight is 337 g/mol. The van der Waals surface area contributed by atoms with Crippen LogP contribution in [0, 0.1) is 0 Å². The van der Waals surface area contributed by atoms with Crippen LogP contribution in [0.1, 0.15) is 110 Å². The molecule has 0 rings (SSSR count). The van der Waals surface area contributed by atoms with Gasteiger partial charge in [-0.3, -0.25) is 0 Å². The summed E-state index contributed by atoms with van der Waals surface area (Å²) in [7, 11) is 0. The molecule has 0 radical (unpaired) electrons. The highest BCUT2D eigenvalue weighted by molar-refractivity contribution is 5.85. The van der Waals surface area contributed by atoms with Gasteiger partial charge >= 0.3 is 5.97 Å². The van der Waals surface area contributed by atoms with E-state index < -0.39 is 5.97 Å². The number of hydrogen-bond donors (Lipinski definition) is 1. The summed E-state index contributed by atoms with van der Waals surface area (Å²) in [5.74, 6) is -0.510. The number of carbonyl (C=O) groups excluding carboxylic acids is 1. The zero-order valence-corrected chi connectivity index (χ0v) is 15.3. The van der Waals surface area contributed by atoms with Crippen molar-refractivity contribution in [1.29, 1.82) is 0 Å². The first-order valence-electron chi connectivity index (χ1n) is 9.15. The molecule has 0 saturated carbocycles. The maximum absolute atomic E-state index is 10.7. The minimum Gasteiger partial charge on any atom is -0.301 e. The predicted molar refractivity (Wildman–Crippen MR) is 95.5 cm³/mol. The third kappa shape index (κ3) is 19.7. The van der Waals surface area contributed by atoms with Gasteiger partial charge in [0.15, 0.2) is 0 Å². The van der Waals surface area contributed by atoms with Crippen molar-refractivity contribution in [3.05, 3.63) is 0 Å². The van der Waals surface area contributed by atoms with Gasteiger partial charge in [0, 0.05) is 6.42 Å². The van der Waals surface area contributed by atoms with Gasteiger partial charge in [-0.2, -0.15) is 5.26 Å². The van der Waals surface area contributed by atoms with Gasteiger partial charge in [0.2, 0.25) is 0 Å². The van der Waals surface area contributed by atoms with Crippen LogP contribution in [0.3, 0.4) is 0 Å². The smallest absolute Gasteiger partial charge is 0.301 e. The van der Waals surface area contributed by atoms with E-state index >= 15 is 0 Å². The number of carbonyl (C=O) groups is 1. The van der Waals surface area contributed by atoms with Crippen LogP contribution in [0.25, 0.3) is 0 Å². The van der Waals surface area contributed by atoms with E-state index in [1.807, 2.05) is 0 Å². The molecular formula is C18H37ClO3. The van der Waals surface area contributed by atoms with Gasteiger partial charge in [0.25, 0.3) is 0 Å². The Bertz CT molecular complexity index is 222. The van der Waals surface area contributed by atoms with Crippen molar-refractivity contribution in [3.8, 4) is 0 Å². The minimum atomic E-state index is -0.510. The van der Waals surface area contributed by atoms with E-state index in [1.54, 1.807) is 0 Å². The molecule has 0 aliphatic heterocycles. The first-order valence-corrected chi connectivity index (χ1v) is 9.15. The van der Waals surface area contributed by atoms with Gasteiger partial charge < -0.3 is 4.89 Å². The summed E-state index contributed by atoms with van der Waals surface area (Å²) in [6, 6.07) is 0. The standard InChI is InChI=1S/C18H36O3.ClH/c1-2-3-4-5-6-7-8-9-10-11-12-13-14-15-16-17-18(19)21-20;/h20H,2-17H2,1H3;1H. The number of hydrogen-bond acceptors (Lipinski definition) is 3. The third-order valence-corrected chi connectivity index (χ3v) is 4.09. The minimum absolute atomic E-state index is 0.